The summed E-state index contributed by atoms with van der Waals surface area (Å²) in [4.78, 5) is 12.0. The van der Waals surface area contributed by atoms with Gasteiger partial charge in [0.2, 0.25) is 5.91 Å². The molecule has 0 aromatic heterocycles. The van der Waals surface area contributed by atoms with Gasteiger partial charge in [-0.3, -0.25) is 4.79 Å². The van der Waals surface area contributed by atoms with Gasteiger partial charge in [-0.05, 0) is 30.9 Å². The molecule has 0 aliphatic heterocycles. The number of carbonyl (C=O) groups is 1. The van der Waals surface area contributed by atoms with Crippen LogP contribution in [0.25, 0.3) is 0 Å². The minimum absolute atomic E-state index is 0.118. The molecule has 0 heterocycles. The average molecular weight is 297 g/mol. The first-order valence-electron chi connectivity index (χ1n) is 7.62. The van der Waals surface area contributed by atoms with Gasteiger partial charge in [-0.15, -0.1) is 0 Å². The monoisotopic (exact) mass is 297 g/mol. The number of carbonyl (C=O) groups excluding carboxylic acids is 1. The van der Waals surface area contributed by atoms with Crippen LogP contribution in [0.4, 0.5) is 0 Å². The van der Waals surface area contributed by atoms with Crippen molar-refractivity contribution in [3.05, 3.63) is 71.8 Å². The fourth-order valence-electron chi connectivity index (χ4n) is 2.35. The van der Waals surface area contributed by atoms with Crippen LogP contribution in [-0.2, 0) is 17.8 Å². The Kier molecular flexibility index (Phi) is 5.73. The largest absolute Gasteiger partial charge is 0.390 e. The lowest BCUT2D eigenvalue weighted by atomic mass is 9.93. The second-order valence-electron chi connectivity index (χ2n) is 5.92. The van der Waals surface area contributed by atoms with E-state index in [-0.39, 0.29) is 12.3 Å². The van der Waals surface area contributed by atoms with E-state index in [9.17, 15) is 9.90 Å². The van der Waals surface area contributed by atoms with Crippen LogP contribution < -0.4 is 5.32 Å². The Morgan fingerprint density at radius 2 is 1.55 bits per heavy atom. The second-order valence-corrected chi connectivity index (χ2v) is 5.92. The molecule has 2 aromatic carbocycles. The van der Waals surface area contributed by atoms with E-state index in [2.05, 4.69) is 5.32 Å². The van der Waals surface area contributed by atoms with Crippen molar-refractivity contribution in [2.75, 3.05) is 0 Å². The third-order valence-electron chi connectivity index (χ3n) is 3.67. The molecule has 22 heavy (non-hydrogen) atoms. The van der Waals surface area contributed by atoms with Crippen molar-refractivity contribution in [1.82, 2.24) is 5.32 Å². The Morgan fingerprint density at radius 3 is 2.14 bits per heavy atom. The Morgan fingerprint density at radius 1 is 1.00 bits per heavy atom. The number of hydrogen-bond acceptors (Lipinski definition) is 2. The van der Waals surface area contributed by atoms with Crippen LogP contribution >= 0.6 is 0 Å². The molecule has 0 aliphatic rings. The van der Waals surface area contributed by atoms with Gasteiger partial charge in [-0.2, -0.15) is 0 Å². The zero-order valence-electron chi connectivity index (χ0n) is 13.0. The third kappa shape index (κ3) is 5.70. The lowest BCUT2D eigenvalue weighted by Crippen LogP contribution is -2.34. The van der Waals surface area contributed by atoms with Crippen LogP contribution in [0.15, 0.2) is 60.7 Å². The van der Waals surface area contributed by atoms with E-state index in [1.165, 1.54) is 5.56 Å². The maximum Gasteiger partial charge on any atom is 0.223 e. The zero-order chi connectivity index (χ0) is 15.8. The molecule has 1 atom stereocenters. The van der Waals surface area contributed by atoms with Crippen molar-refractivity contribution >= 4 is 5.91 Å². The quantitative estimate of drug-likeness (QED) is 0.825. The molecule has 116 valence electrons. The molecule has 2 aromatic rings. The predicted octanol–water partition coefficient (Wildman–Crippen LogP) is 3.08. The van der Waals surface area contributed by atoms with Crippen LogP contribution in [0.5, 0.6) is 0 Å². The summed E-state index contributed by atoms with van der Waals surface area (Å²) >= 11 is 0. The van der Waals surface area contributed by atoms with Crippen molar-refractivity contribution in [3.8, 4) is 0 Å². The molecular formula is C19H23NO2. The number of aliphatic hydroxyl groups is 1. The summed E-state index contributed by atoms with van der Waals surface area (Å²) in [6.45, 7) is 2.21. The summed E-state index contributed by atoms with van der Waals surface area (Å²) in [7, 11) is 0. The van der Waals surface area contributed by atoms with E-state index < -0.39 is 5.60 Å². The minimum atomic E-state index is -0.989. The fraction of sp³-hybridized carbons (Fsp3) is 0.316. The molecule has 1 unspecified atom stereocenters. The first-order chi connectivity index (χ1) is 10.6. The molecular weight excluding hydrogens is 274 g/mol. The molecule has 1 amide bonds. The number of aryl methyl sites for hydroxylation is 1. The SMILES string of the molecule is CC(O)(CCc1ccccc1)CC(=O)NCc1ccccc1. The molecule has 0 saturated heterocycles. The molecule has 0 saturated carbocycles. The molecule has 0 aliphatic carbocycles. The number of amides is 1. The highest BCUT2D eigenvalue weighted by atomic mass is 16.3. The Labute approximate surface area is 132 Å². The first-order valence-corrected chi connectivity index (χ1v) is 7.62. The van der Waals surface area contributed by atoms with Gasteiger partial charge in [0.15, 0.2) is 0 Å². The minimum Gasteiger partial charge on any atom is -0.390 e. The number of benzene rings is 2. The summed E-state index contributed by atoms with van der Waals surface area (Å²) in [6, 6.07) is 19.8. The standard InChI is InChI=1S/C19H23NO2/c1-19(22,13-12-16-8-4-2-5-9-16)14-18(21)20-15-17-10-6-3-7-11-17/h2-11,22H,12-15H2,1H3,(H,20,21). The lowest BCUT2D eigenvalue weighted by Gasteiger charge is -2.22. The van der Waals surface area contributed by atoms with Crippen LogP contribution in [-0.4, -0.2) is 16.6 Å². The van der Waals surface area contributed by atoms with Gasteiger partial charge in [0.1, 0.15) is 0 Å². The van der Waals surface area contributed by atoms with Gasteiger partial charge in [0, 0.05) is 6.54 Å². The van der Waals surface area contributed by atoms with E-state index in [4.69, 9.17) is 0 Å². The number of nitrogens with one attached hydrogen (secondary N) is 1. The maximum atomic E-state index is 12.0. The second kappa shape index (κ2) is 7.76. The normalized spacial score (nSPS) is 13.4. The Bertz CT molecular complexity index is 579. The molecule has 0 bridgehead atoms. The summed E-state index contributed by atoms with van der Waals surface area (Å²) in [5.74, 6) is -0.123. The third-order valence-corrected chi connectivity index (χ3v) is 3.67. The highest BCUT2D eigenvalue weighted by Crippen LogP contribution is 2.18. The molecule has 2 N–H and O–H groups in total. The molecule has 0 radical (unpaired) electrons. The molecule has 2 rings (SSSR count). The summed E-state index contributed by atoms with van der Waals surface area (Å²) < 4.78 is 0. The van der Waals surface area contributed by atoms with Gasteiger partial charge in [-0.25, -0.2) is 0 Å². The summed E-state index contributed by atoms with van der Waals surface area (Å²) in [6.07, 6.45) is 1.45. The van der Waals surface area contributed by atoms with Gasteiger partial charge >= 0.3 is 0 Å². The van der Waals surface area contributed by atoms with Crippen molar-refractivity contribution in [2.24, 2.45) is 0 Å². The number of hydrogen-bond donors (Lipinski definition) is 2. The highest BCUT2D eigenvalue weighted by molar-refractivity contribution is 5.76. The molecule has 3 nitrogen and oxygen atoms in total. The Balaban J connectivity index is 1.76. The summed E-state index contributed by atoms with van der Waals surface area (Å²) in [5, 5.41) is 13.2. The van der Waals surface area contributed by atoms with E-state index in [0.717, 1.165) is 12.0 Å². The zero-order valence-corrected chi connectivity index (χ0v) is 13.0. The molecule has 0 spiro atoms. The van der Waals surface area contributed by atoms with E-state index in [1.54, 1.807) is 6.92 Å². The first kappa shape index (κ1) is 16.2. The van der Waals surface area contributed by atoms with Crippen molar-refractivity contribution in [3.63, 3.8) is 0 Å². The molecule has 3 heteroatoms. The maximum absolute atomic E-state index is 12.0. The van der Waals surface area contributed by atoms with Gasteiger partial charge < -0.3 is 10.4 Å². The van der Waals surface area contributed by atoms with Crippen LogP contribution in [0.2, 0.25) is 0 Å². The van der Waals surface area contributed by atoms with Crippen LogP contribution in [0.3, 0.4) is 0 Å². The van der Waals surface area contributed by atoms with Crippen molar-refractivity contribution in [2.45, 2.75) is 38.3 Å². The fourth-order valence-corrected chi connectivity index (χ4v) is 2.35. The van der Waals surface area contributed by atoms with Crippen LogP contribution in [0.1, 0.15) is 30.9 Å². The van der Waals surface area contributed by atoms with Gasteiger partial charge in [0.05, 0.1) is 12.0 Å². The molecule has 0 fully saturated rings. The van der Waals surface area contributed by atoms with Gasteiger partial charge in [0.25, 0.3) is 0 Å². The number of rotatable bonds is 7. The average Bonchev–Trinajstić information content (AvgIpc) is 2.53. The van der Waals surface area contributed by atoms with Crippen molar-refractivity contribution < 1.29 is 9.90 Å². The van der Waals surface area contributed by atoms with E-state index >= 15 is 0 Å². The smallest absolute Gasteiger partial charge is 0.223 e. The Hall–Kier alpha value is -2.13. The topological polar surface area (TPSA) is 49.3 Å². The predicted molar refractivity (Wildman–Crippen MR) is 88.3 cm³/mol. The lowest BCUT2D eigenvalue weighted by molar-refractivity contribution is -0.125. The van der Waals surface area contributed by atoms with Crippen LogP contribution in [0, 0.1) is 0 Å². The van der Waals surface area contributed by atoms with Gasteiger partial charge in [-0.1, -0.05) is 60.7 Å². The van der Waals surface area contributed by atoms with E-state index in [0.29, 0.717) is 13.0 Å². The summed E-state index contributed by atoms with van der Waals surface area (Å²) in [5.41, 5.74) is 1.24. The van der Waals surface area contributed by atoms with Crippen molar-refractivity contribution in [1.29, 1.82) is 0 Å². The highest BCUT2D eigenvalue weighted by Gasteiger charge is 2.23. The van der Waals surface area contributed by atoms with E-state index in [1.807, 2.05) is 60.7 Å².